The van der Waals surface area contributed by atoms with Gasteiger partial charge in [-0.25, -0.2) is 13.1 Å². The minimum Gasteiger partial charge on any atom is -0.342 e. The molecule has 0 aromatic heterocycles. The first kappa shape index (κ1) is 15.0. The molecule has 110 valence electrons. The monoisotopic (exact) mass is 296 g/mol. The van der Waals surface area contributed by atoms with Crippen molar-refractivity contribution in [2.75, 3.05) is 19.6 Å². The van der Waals surface area contributed by atoms with E-state index in [9.17, 15) is 13.2 Å². The van der Waals surface area contributed by atoms with E-state index < -0.39 is 10.0 Å². The molecule has 1 amide bonds. The Morgan fingerprint density at radius 1 is 1.20 bits per heavy atom. The van der Waals surface area contributed by atoms with Crippen molar-refractivity contribution < 1.29 is 13.2 Å². The lowest BCUT2D eigenvalue weighted by Gasteiger charge is -2.15. The fraction of sp³-hybridized carbons (Fsp3) is 0.500. The van der Waals surface area contributed by atoms with Gasteiger partial charge >= 0.3 is 0 Å². The number of aryl methyl sites for hydroxylation is 1. The lowest BCUT2D eigenvalue weighted by molar-refractivity contribution is -0.128. The zero-order valence-corrected chi connectivity index (χ0v) is 12.4. The molecule has 0 spiro atoms. The molecule has 0 aliphatic carbocycles. The van der Waals surface area contributed by atoms with Crippen LogP contribution in [0.2, 0.25) is 0 Å². The van der Waals surface area contributed by atoms with E-state index in [1.54, 1.807) is 17.0 Å². The van der Waals surface area contributed by atoms with Gasteiger partial charge in [0.05, 0.1) is 12.3 Å². The van der Waals surface area contributed by atoms with Crippen LogP contribution in [0, 0.1) is 6.92 Å². The number of carbonyl (C=O) groups excluding carboxylic acids is 1. The van der Waals surface area contributed by atoms with Gasteiger partial charge in [0.2, 0.25) is 15.9 Å². The molecule has 0 saturated carbocycles. The van der Waals surface area contributed by atoms with Gasteiger partial charge in [-0.05, 0) is 25.3 Å². The van der Waals surface area contributed by atoms with Crippen molar-refractivity contribution in [2.24, 2.45) is 0 Å². The Balaban J connectivity index is 1.87. The fourth-order valence-corrected chi connectivity index (χ4v) is 3.28. The molecule has 20 heavy (non-hydrogen) atoms. The number of hydrogen-bond acceptors (Lipinski definition) is 3. The maximum Gasteiger partial charge on any atom is 0.237 e. The maximum atomic E-state index is 11.9. The lowest BCUT2D eigenvalue weighted by atomic mass is 10.2. The van der Waals surface area contributed by atoms with Gasteiger partial charge in [-0.3, -0.25) is 4.79 Å². The Morgan fingerprint density at radius 3 is 2.40 bits per heavy atom. The highest BCUT2D eigenvalue weighted by Gasteiger charge is 2.20. The third kappa shape index (κ3) is 4.31. The van der Waals surface area contributed by atoms with Crippen LogP contribution in [0.5, 0.6) is 0 Å². The summed E-state index contributed by atoms with van der Waals surface area (Å²) in [5.74, 6) is -0.240. The second-order valence-corrected chi connectivity index (χ2v) is 6.96. The highest BCUT2D eigenvalue weighted by molar-refractivity contribution is 7.88. The zero-order valence-electron chi connectivity index (χ0n) is 11.6. The molecule has 1 saturated heterocycles. The first-order valence-corrected chi connectivity index (χ1v) is 8.42. The molecule has 1 aliphatic heterocycles. The van der Waals surface area contributed by atoms with Crippen molar-refractivity contribution in [3.63, 3.8) is 0 Å². The highest BCUT2D eigenvalue weighted by Crippen LogP contribution is 2.08. The molecule has 1 aromatic rings. The van der Waals surface area contributed by atoms with Gasteiger partial charge in [-0.2, -0.15) is 0 Å². The molecule has 1 N–H and O–H groups in total. The fourth-order valence-electron chi connectivity index (χ4n) is 2.20. The number of nitrogens with zero attached hydrogens (tertiary/aromatic N) is 1. The summed E-state index contributed by atoms with van der Waals surface area (Å²) in [5, 5.41) is 0. The second kappa shape index (κ2) is 6.37. The SMILES string of the molecule is Cc1ccc(CS(=O)(=O)NCC(=O)N2CCCC2)cc1. The van der Waals surface area contributed by atoms with Crippen molar-refractivity contribution in [3.05, 3.63) is 35.4 Å². The molecule has 1 fully saturated rings. The third-order valence-electron chi connectivity index (χ3n) is 3.38. The topological polar surface area (TPSA) is 66.5 Å². The summed E-state index contributed by atoms with van der Waals surface area (Å²) >= 11 is 0. The van der Waals surface area contributed by atoms with E-state index in [1.807, 2.05) is 19.1 Å². The van der Waals surface area contributed by atoms with E-state index in [2.05, 4.69) is 4.72 Å². The Kier molecular flexibility index (Phi) is 4.77. The predicted octanol–water partition coefficient (Wildman–Crippen LogP) is 1.04. The van der Waals surface area contributed by atoms with E-state index in [4.69, 9.17) is 0 Å². The van der Waals surface area contributed by atoms with E-state index in [0.717, 1.165) is 37.1 Å². The molecular formula is C14H20N2O3S. The summed E-state index contributed by atoms with van der Waals surface area (Å²) in [4.78, 5) is 13.5. The minimum atomic E-state index is -3.47. The van der Waals surface area contributed by atoms with Gasteiger partial charge < -0.3 is 4.90 Å². The summed E-state index contributed by atoms with van der Waals surface area (Å²) < 4.78 is 26.2. The van der Waals surface area contributed by atoms with Crippen molar-refractivity contribution in [1.29, 1.82) is 0 Å². The molecule has 0 atom stereocenters. The molecule has 1 heterocycles. The van der Waals surface area contributed by atoms with Gasteiger partial charge in [-0.15, -0.1) is 0 Å². The second-order valence-electron chi connectivity index (χ2n) is 5.15. The zero-order chi connectivity index (χ0) is 14.6. The Hall–Kier alpha value is -1.40. The van der Waals surface area contributed by atoms with Crippen LogP contribution in [0.15, 0.2) is 24.3 Å². The van der Waals surface area contributed by atoms with Crippen LogP contribution in [0.3, 0.4) is 0 Å². The number of benzene rings is 1. The van der Waals surface area contributed by atoms with Crippen LogP contribution < -0.4 is 4.72 Å². The number of carbonyl (C=O) groups is 1. The number of amides is 1. The first-order chi connectivity index (χ1) is 9.46. The van der Waals surface area contributed by atoms with Crippen molar-refractivity contribution in [2.45, 2.75) is 25.5 Å². The number of rotatable bonds is 5. The van der Waals surface area contributed by atoms with Crippen LogP contribution in [-0.2, 0) is 20.6 Å². The molecule has 2 rings (SSSR count). The normalized spacial score (nSPS) is 15.6. The standard InChI is InChI=1S/C14H20N2O3S/c1-12-4-6-13(7-5-12)11-20(18,19)15-10-14(17)16-8-2-3-9-16/h4-7,15H,2-3,8-11H2,1H3. The van der Waals surface area contributed by atoms with Crippen molar-refractivity contribution >= 4 is 15.9 Å². The largest absolute Gasteiger partial charge is 0.342 e. The molecular weight excluding hydrogens is 276 g/mol. The van der Waals surface area contributed by atoms with Crippen LogP contribution in [0.25, 0.3) is 0 Å². The first-order valence-electron chi connectivity index (χ1n) is 6.77. The van der Waals surface area contributed by atoms with Crippen molar-refractivity contribution in [3.8, 4) is 0 Å². The number of likely N-dealkylation sites (tertiary alicyclic amines) is 1. The quantitative estimate of drug-likeness (QED) is 0.883. The summed E-state index contributed by atoms with van der Waals surface area (Å²) in [6, 6.07) is 7.33. The van der Waals surface area contributed by atoms with Crippen LogP contribution in [0.1, 0.15) is 24.0 Å². The number of sulfonamides is 1. The third-order valence-corrected chi connectivity index (χ3v) is 4.68. The van der Waals surface area contributed by atoms with Gasteiger partial charge in [0.1, 0.15) is 0 Å². The van der Waals surface area contributed by atoms with Gasteiger partial charge in [0.15, 0.2) is 0 Å². The number of nitrogens with one attached hydrogen (secondary N) is 1. The summed E-state index contributed by atoms with van der Waals surface area (Å²) in [5.41, 5.74) is 1.81. The van der Waals surface area contributed by atoms with E-state index in [0.29, 0.717) is 0 Å². The predicted molar refractivity (Wildman–Crippen MR) is 77.6 cm³/mol. The van der Waals surface area contributed by atoms with Gasteiger partial charge in [0.25, 0.3) is 0 Å². The Bertz CT molecular complexity index is 561. The van der Waals surface area contributed by atoms with Crippen molar-refractivity contribution in [1.82, 2.24) is 9.62 Å². The summed E-state index contributed by atoms with van der Waals surface area (Å²) in [7, 11) is -3.47. The average molecular weight is 296 g/mol. The Labute approximate surface area is 120 Å². The summed E-state index contributed by atoms with van der Waals surface area (Å²) in [6.45, 7) is 3.27. The average Bonchev–Trinajstić information content (AvgIpc) is 2.93. The molecule has 6 heteroatoms. The summed E-state index contributed by atoms with van der Waals surface area (Å²) in [6.07, 6.45) is 2.00. The van der Waals surface area contributed by atoms with Crippen LogP contribution >= 0.6 is 0 Å². The van der Waals surface area contributed by atoms with Gasteiger partial charge in [0, 0.05) is 13.1 Å². The Morgan fingerprint density at radius 2 is 1.80 bits per heavy atom. The van der Waals surface area contributed by atoms with Crippen LogP contribution in [0.4, 0.5) is 0 Å². The molecule has 0 bridgehead atoms. The maximum absolute atomic E-state index is 11.9. The number of hydrogen-bond donors (Lipinski definition) is 1. The molecule has 0 unspecified atom stereocenters. The van der Waals surface area contributed by atoms with E-state index in [1.165, 1.54) is 0 Å². The molecule has 5 nitrogen and oxygen atoms in total. The van der Waals surface area contributed by atoms with E-state index in [-0.39, 0.29) is 18.2 Å². The van der Waals surface area contributed by atoms with Crippen LogP contribution in [-0.4, -0.2) is 38.9 Å². The van der Waals surface area contributed by atoms with Gasteiger partial charge in [-0.1, -0.05) is 29.8 Å². The molecule has 1 aliphatic rings. The van der Waals surface area contributed by atoms with E-state index >= 15 is 0 Å². The molecule has 0 radical (unpaired) electrons. The lowest BCUT2D eigenvalue weighted by Crippen LogP contribution is -2.39. The highest BCUT2D eigenvalue weighted by atomic mass is 32.2. The smallest absolute Gasteiger partial charge is 0.237 e. The minimum absolute atomic E-state index is 0.0967. The molecule has 1 aromatic carbocycles.